The van der Waals surface area contributed by atoms with Crippen molar-refractivity contribution in [3.8, 4) is 11.5 Å². The van der Waals surface area contributed by atoms with E-state index in [1.807, 2.05) is 30.5 Å². The Bertz CT molecular complexity index is 1500. The molecule has 1 aliphatic heterocycles. The number of hydrogen-bond donors (Lipinski definition) is 3. The van der Waals surface area contributed by atoms with Gasteiger partial charge in [-0.15, -0.1) is 0 Å². The topological polar surface area (TPSA) is 121 Å². The molecule has 0 spiro atoms. The first-order chi connectivity index (χ1) is 17.8. The van der Waals surface area contributed by atoms with Gasteiger partial charge in [-0.3, -0.25) is 4.79 Å². The minimum Gasteiger partial charge on any atom is -0.507 e. The number of rotatable bonds is 6. The highest BCUT2D eigenvalue weighted by Gasteiger charge is 2.53. The highest BCUT2D eigenvalue weighted by Crippen LogP contribution is 2.48. The molecule has 1 unspecified atom stereocenters. The quantitative estimate of drug-likeness (QED) is 0.438. The Morgan fingerprint density at radius 3 is 2.59 bits per heavy atom. The first-order valence-electron chi connectivity index (χ1n) is 11.8. The molecule has 192 valence electrons. The van der Waals surface area contributed by atoms with Gasteiger partial charge in [0.25, 0.3) is 0 Å². The Hall–Kier alpha value is -4.24. The summed E-state index contributed by atoms with van der Waals surface area (Å²) >= 11 is 0. The summed E-state index contributed by atoms with van der Waals surface area (Å²) in [4.78, 5) is 31.8. The van der Waals surface area contributed by atoms with E-state index in [0.717, 1.165) is 16.5 Å². The predicted octanol–water partition coefficient (Wildman–Crippen LogP) is 3.27. The highest BCUT2D eigenvalue weighted by atomic mass is 16.5. The second-order valence-electron chi connectivity index (χ2n) is 9.21. The smallest absolute Gasteiger partial charge is 0.336 e. The van der Waals surface area contributed by atoms with Crippen LogP contribution in [0.15, 0.2) is 59.5 Å². The van der Waals surface area contributed by atoms with Crippen molar-refractivity contribution >= 4 is 28.4 Å². The maximum atomic E-state index is 13.5. The average molecular weight is 505 g/mol. The van der Waals surface area contributed by atoms with Crippen LogP contribution >= 0.6 is 0 Å². The molecule has 9 nitrogen and oxygen atoms in total. The first kappa shape index (κ1) is 24.5. The van der Waals surface area contributed by atoms with Crippen molar-refractivity contribution in [2.45, 2.75) is 25.4 Å². The molecule has 0 saturated heterocycles. The summed E-state index contributed by atoms with van der Waals surface area (Å²) in [5.74, 6) is -0.286. The van der Waals surface area contributed by atoms with Gasteiger partial charge in [0.05, 0.1) is 39.2 Å². The number of carbonyl (C=O) groups excluding carboxylic acids is 2. The van der Waals surface area contributed by atoms with Crippen LogP contribution < -0.4 is 9.47 Å². The zero-order valence-electron chi connectivity index (χ0n) is 21.0. The molecule has 0 amide bonds. The number of hydrogen-bond acceptors (Lipinski definition) is 8. The summed E-state index contributed by atoms with van der Waals surface area (Å²) in [6, 6.07) is 11.1. The van der Waals surface area contributed by atoms with E-state index in [9.17, 15) is 19.8 Å². The highest BCUT2D eigenvalue weighted by molar-refractivity contribution is 6.12. The summed E-state index contributed by atoms with van der Waals surface area (Å²) in [6.45, 7) is 1.03. The Kier molecular flexibility index (Phi) is 5.95. The summed E-state index contributed by atoms with van der Waals surface area (Å²) in [7, 11) is 4.34. The van der Waals surface area contributed by atoms with Gasteiger partial charge in [-0.05, 0) is 42.8 Å². The molecular weight excluding hydrogens is 476 g/mol. The number of aliphatic hydroxyl groups is 2. The molecule has 1 aliphatic carbocycles. The molecule has 1 atom stereocenters. The van der Waals surface area contributed by atoms with Crippen LogP contribution in [0.25, 0.3) is 16.6 Å². The summed E-state index contributed by atoms with van der Waals surface area (Å²) in [5, 5.41) is 22.6. The molecule has 0 fully saturated rings. The molecule has 0 radical (unpaired) electrons. The lowest BCUT2D eigenvalue weighted by Crippen LogP contribution is -2.57. The summed E-state index contributed by atoms with van der Waals surface area (Å²) in [6.07, 6.45) is 1.88. The lowest BCUT2D eigenvalue weighted by molar-refractivity contribution is -0.151. The van der Waals surface area contributed by atoms with E-state index < -0.39 is 23.9 Å². The fraction of sp³-hybridized carbons (Fsp3) is 0.286. The number of ketones is 1. The molecule has 5 rings (SSSR count). The largest absolute Gasteiger partial charge is 0.507 e. The number of benzene rings is 2. The van der Waals surface area contributed by atoms with Gasteiger partial charge >= 0.3 is 5.97 Å². The Balaban J connectivity index is 1.81. The van der Waals surface area contributed by atoms with Gasteiger partial charge in [0, 0.05) is 52.8 Å². The number of allylic oxidation sites excluding steroid dienone is 1. The van der Waals surface area contributed by atoms with Crippen molar-refractivity contribution in [2.75, 3.05) is 27.9 Å². The third-order valence-corrected chi connectivity index (χ3v) is 7.38. The van der Waals surface area contributed by atoms with Crippen LogP contribution in [0.3, 0.4) is 0 Å². The Labute approximate surface area is 213 Å². The lowest BCUT2D eigenvalue weighted by atomic mass is 9.76. The third kappa shape index (κ3) is 3.57. The average Bonchev–Trinajstić information content (AvgIpc) is 3.36. The molecule has 2 aliphatic rings. The van der Waals surface area contributed by atoms with Crippen molar-refractivity contribution in [3.05, 3.63) is 76.2 Å². The molecule has 1 aromatic heterocycles. The lowest BCUT2D eigenvalue weighted by Gasteiger charge is -2.48. The van der Waals surface area contributed by atoms with Crippen molar-refractivity contribution < 1.29 is 34.0 Å². The molecule has 3 N–H and O–H groups in total. The van der Waals surface area contributed by atoms with Crippen LogP contribution in [-0.2, 0) is 27.3 Å². The fourth-order valence-corrected chi connectivity index (χ4v) is 5.38. The van der Waals surface area contributed by atoms with E-state index in [1.165, 1.54) is 14.2 Å². The van der Waals surface area contributed by atoms with Gasteiger partial charge in [-0.25, -0.2) is 4.79 Å². The van der Waals surface area contributed by atoms with Crippen molar-refractivity contribution in [2.24, 2.45) is 0 Å². The number of carbonyl (C=O) groups is 2. The summed E-state index contributed by atoms with van der Waals surface area (Å²) < 4.78 is 16.1. The predicted molar refractivity (Wildman–Crippen MR) is 136 cm³/mol. The molecule has 2 heterocycles. The second-order valence-corrected chi connectivity index (χ2v) is 9.21. The number of H-pyrrole nitrogens is 1. The third-order valence-electron chi connectivity index (χ3n) is 7.38. The number of Topliss-reactive ketones (excluding diaryl/α,β-unsaturated/α-hetero) is 1. The van der Waals surface area contributed by atoms with E-state index in [-0.39, 0.29) is 29.9 Å². The van der Waals surface area contributed by atoms with Crippen LogP contribution in [0.2, 0.25) is 0 Å². The number of nitrogens with zero attached hydrogens (tertiary/aromatic N) is 1. The van der Waals surface area contributed by atoms with E-state index in [0.29, 0.717) is 28.3 Å². The minimum atomic E-state index is -1.63. The van der Waals surface area contributed by atoms with Gasteiger partial charge < -0.3 is 34.3 Å². The normalized spacial score (nSPS) is 19.2. The van der Waals surface area contributed by atoms with Crippen LogP contribution in [-0.4, -0.2) is 65.3 Å². The number of esters is 1. The molecule has 0 bridgehead atoms. The number of fused-ring (bicyclic) bond motifs is 3. The second kappa shape index (κ2) is 9.01. The summed E-state index contributed by atoms with van der Waals surface area (Å²) in [5.41, 5.74) is 1.89. The van der Waals surface area contributed by atoms with Crippen molar-refractivity contribution in [3.63, 3.8) is 0 Å². The van der Waals surface area contributed by atoms with Gasteiger partial charge in [0.15, 0.2) is 11.3 Å². The van der Waals surface area contributed by atoms with Crippen LogP contribution in [0.5, 0.6) is 11.5 Å². The molecule has 2 aromatic carbocycles. The minimum absolute atomic E-state index is 0.00917. The maximum Gasteiger partial charge on any atom is 0.336 e. The number of methoxy groups -OCH3 is 3. The standard InChI is InChI=1S/C28H28N2O7/c1-28(27(34)37-4)20(14-31)26(33)24-22(32)11-17-10-21-15(7-8-29-21)9-19(17)25(24)30(28)13-16-5-6-18(35-2)12-23(16)36-3/h5-10,12,29,31,33H,11,13-14H2,1-4H3. The van der Waals surface area contributed by atoms with E-state index >= 15 is 0 Å². The van der Waals surface area contributed by atoms with Gasteiger partial charge in [0.1, 0.15) is 17.3 Å². The number of aromatic nitrogens is 1. The van der Waals surface area contributed by atoms with Gasteiger partial charge in [-0.1, -0.05) is 0 Å². The Morgan fingerprint density at radius 1 is 1.14 bits per heavy atom. The van der Waals surface area contributed by atoms with E-state index in [2.05, 4.69) is 4.98 Å². The first-order valence-corrected chi connectivity index (χ1v) is 11.8. The van der Waals surface area contributed by atoms with Crippen molar-refractivity contribution in [1.82, 2.24) is 9.88 Å². The maximum absolute atomic E-state index is 13.5. The zero-order valence-corrected chi connectivity index (χ0v) is 21.0. The molecular formula is C28H28N2O7. The SMILES string of the molecule is COC(=O)C1(C)C(CO)=C(O)C2=C(c3cc4cc[nH]c4cc3CC2=O)N1Cc1ccc(OC)cc1OC. The number of ether oxygens (including phenoxy) is 3. The van der Waals surface area contributed by atoms with Gasteiger partial charge in [-0.2, -0.15) is 0 Å². The van der Waals surface area contributed by atoms with Crippen LogP contribution in [0, 0.1) is 0 Å². The molecule has 9 heteroatoms. The monoisotopic (exact) mass is 504 g/mol. The van der Waals surface area contributed by atoms with Gasteiger partial charge in [0.2, 0.25) is 0 Å². The number of aromatic amines is 1. The molecule has 3 aromatic rings. The molecule has 37 heavy (non-hydrogen) atoms. The molecule has 0 saturated carbocycles. The number of aliphatic hydroxyl groups excluding tert-OH is 2. The zero-order chi connectivity index (χ0) is 26.5. The fourth-order valence-electron chi connectivity index (χ4n) is 5.38. The van der Waals surface area contributed by atoms with E-state index in [4.69, 9.17) is 14.2 Å². The Morgan fingerprint density at radius 2 is 1.92 bits per heavy atom. The van der Waals surface area contributed by atoms with Crippen LogP contribution in [0.4, 0.5) is 0 Å². The van der Waals surface area contributed by atoms with Crippen LogP contribution in [0.1, 0.15) is 23.6 Å². The van der Waals surface area contributed by atoms with E-state index in [1.54, 1.807) is 31.1 Å². The number of nitrogens with one attached hydrogen (secondary N) is 1. The van der Waals surface area contributed by atoms with Crippen molar-refractivity contribution in [1.29, 1.82) is 0 Å².